The lowest BCUT2D eigenvalue weighted by molar-refractivity contribution is -0.147. The van der Waals surface area contributed by atoms with Gasteiger partial charge < -0.3 is 24.6 Å². The number of hydrogen-bond donors (Lipinski definition) is 1. The molecule has 1 aliphatic heterocycles. The number of anilines is 2. The summed E-state index contributed by atoms with van der Waals surface area (Å²) in [6, 6.07) is 10.7. The van der Waals surface area contributed by atoms with Crippen molar-refractivity contribution in [3.8, 4) is 11.5 Å². The monoisotopic (exact) mass is 411 g/mol. The molecule has 0 aliphatic carbocycles. The van der Waals surface area contributed by atoms with E-state index in [1.165, 1.54) is 24.0 Å². The fraction of sp³-hybridized carbons (Fsp3) is 0.318. The van der Waals surface area contributed by atoms with E-state index >= 15 is 0 Å². The van der Waals surface area contributed by atoms with Crippen molar-refractivity contribution in [2.45, 2.75) is 13.8 Å². The number of benzene rings is 2. The number of amides is 3. The van der Waals surface area contributed by atoms with E-state index in [1.807, 2.05) is 32.0 Å². The summed E-state index contributed by atoms with van der Waals surface area (Å²) in [6.45, 7) is 4.26. The van der Waals surface area contributed by atoms with E-state index in [1.54, 1.807) is 18.2 Å². The fourth-order valence-corrected chi connectivity index (χ4v) is 3.43. The van der Waals surface area contributed by atoms with Crippen LogP contribution in [0, 0.1) is 13.8 Å². The van der Waals surface area contributed by atoms with Crippen molar-refractivity contribution in [1.82, 2.24) is 4.90 Å². The maximum Gasteiger partial charge on any atom is 0.316 e. The van der Waals surface area contributed by atoms with Crippen molar-refractivity contribution >= 4 is 29.1 Å². The third kappa shape index (κ3) is 4.71. The number of nitrogens with zero attached hydrogens (tertiary/aromatic N) is 2. The number of rotatable bonds is 6. The summed E-state index contributed by atoms with van der Waals surface area (Å²) < 4.78 is 10.4. The molecule has 8 nitrogen and oxygen atoms in total. The minimum Gasteiger partial charge on any atom is -0.497 e. The lowest BCUT2D eigenvalue weighted by atomic mass is 10.1. The van der Waals surface area contributed by atoms with Crippen molar-refractivity contribution < 1.29 is 23.9 Å². The molecule has 0 aromatic heterocycles. The van der Waals surface area contributed by atoms with Gasteiger partial charge in [0, 0.05) is 42.7 Å². The standard InChI is InChI=1S/C22H25N3O5/c1-14-7-15(2)9-17(8-14)25-6-5-24(21(27)22(25)28)13-20(26)23-16-10-18(29-3)12-19(11-16)30-4/h7-12H,5-6,13H2,1-4H3,(H,23,26). The van der Waals surface area contributed by atoms with Crippen LogP contribution in [0.25, 0.3) is 0 Å². The number of carbonyl (C=O) groups is 3. The second kappa shape index (κ2) is 8.86. The first-order valence-corrected chi connectivity index (χ1v) is 9.52. The molecule has 0 unspecified atom stereocenters. The van der Waals surface area contributed by atoms with Crippen LogP contribution in [0.2, 0.25) is 0 Å². The van der Waals surface area contributed by atoms with Gasteiger partial charge in [-0.15, -0.1) is 0 Å². The molecule has 3 rings (SSSR count). The molecule has 2 aromatic carbocycles. The molecule has 0 spiro atoms. The predicted molar refractivity (Wildman–Crippen MR) is 113 cm³/mol. The van der Waals surface area contributed by atoms with Gasteiger partial charge in [-0.25, -0.2) is 0 Å². The summed E-state index contributed by atoms with van der Waals surface area (Å²) in [5, 5.41) is 2.71. The quantitative estimate of drug-likeness (QED) is 0.736. The Kier molecular flexibility index (Phi) is 6.25. The van der Waals surface area contributed by atoms with Crippen LogP contribution in [-0.2, 0) is 14.4 Å². The van der Waals surface area contributed by atoms with Crippen LogP contribution in [0.3, 0.4) is 0 Å². The molecule has 158 valence electrons. The minimum atomic E-state index is -0.696. The van der Waals surface area contributed by atoms with E-state index in [9.17, 15) is 14.4 Å². The third-order valence-electron chi connectivity index (χ3n) is 4.80. The number of hydrogen-bond acceptors (Lipinski definition) is 5. The Morgan fingerprint density at radius 3 is 2.07 bits per heavy atom. The van der Waals surface area contributed by atoms with Gasteiger partial charge in [-0.1, -0.05) is 6.07 Å². The molecule has 0 saturated carbocycles. The molecule has 3 amide bonds. The summed E-state index contributed by atoms with van der Waals surface area (Å²) in [4.78, 5) is 40.4. The first kappa shape index (κ1) is 21.2. The highest BCUT2D eigenvalue weighted by molar-refractivity contribution is 6.41. The third-order valence-corrected chi connectivity index (χ3v) is 4.80. The highest BCUT2D eigenvalue weighted by Crippen LogP contribution is 2.26. The first-order chi connectivity index (χ1) is 14.3. The second-order valence-electron chi connectivity index (χ2n) is 7.18. The Morgan fingerprint density at radius 2 is 1.50 bits per heavy atom. The summed E-state index contributed by atoms with van der Waals surface area (Å²) in [5.74, 6) is -0.692. The Morgan fingerprint density at radius 1 is 0.900 bits per heavy atom. The van der Waals surface area contributed by atoms with Gasteiger partial charge in [-0.05, 0) is 37.1 Å². The Labute approximate surface area is 175 Å². The zero-order valence-electron chi connectivity index (χ0n) is 17.5. The highest BCUT2D eigenvalue weighted by Gasteiger charge is 2.34. The Bertz CT molecular complexity index is 946. The molecular formula is C22H25N3O5. The molecule has 1 aliphatic rings. The lowest BCUT2D eigenvalue weighted by Crippen LogP contribution is -2.56. The summed E-state index contributed by atoms with van der Waals surface area (Å²) >= 11 is 0. The lowest BCUT2D eigenvalue weighted by Gasteiger charge is -2.33. The van der Waals surface area contributed by atoms with Crippen LogP contribution >= 0.6 is 0 Å². The van der Waals surface area contributed by atoms with Gasteiger partial charge in [0.2, 0.25) is 5.91 Å². The molecular weight excluding hydrogens is 386 g/mol. The van der Waals surface area contributed by atoms with Crippen LogP contribution in [0.1, 0.15) is 11.1 Å². The summed E-state index contributed by atoms with van der Waals surface area (Å²) in [7, 11) is 3.03. The van der Waals surface area contributed by atoms with Crippen LogP contribution in [0.4, 0.5) is 11.4 Å². The van der Waals surface area contributed by atoms with E-state index < -0.39 is 17.7 Å². The summed E-state index contributed by atoms with van der Waals surface area (Å²) in [5.41, 5.74) is 3.20. The number of nitrogens with one attached hydrogen (secondary N) is 1. The molecule has 2 aromatic rings. The highest BCUT2D eigenvalue weighted by atomic mass is 16.5. The van der Waals surface area contributed by atoms with Gasteiger partial charge in [0.05, 0.1) is 14.2 Å². The van der Waals surface area contributed by atoms with Crippen molar-refractivity contribution in [1.29, 1.82) is 0 Å². The zero-order chi connectivity index (χ0) is 21.8. The van der Waals surface area contributed by atoms with E-state index in [-0.39, 0.29) is 13.1 Å². The van der Waals surface area contributed by atoms with Crippen molar-refractivity contribution in [3.05, 3.63) is 47.5 Å². The number of methoxy groups -OCH3 is 2. The fourth-order valence-electron chi connectivity index (χ4n) is 3.43. The Balaban J connectivity index is 1.66. The minimum absolute atomic E-state index is 0.217. The molecule has 1 N–H and O–H groups in total. The van der Waals surface area contributed by atoms with Gasteiger partial charge in [0.1, 0.15) is 18.0 Å². The number of carbonyl (C=O) groups excluding carboxylic acids is 3. The number of piperazine rings is 1. The molecule has 1 heterocycles. The van der Waals surface area contributed by atoms with Crippen LogP contribution in [-0.4, -0.2) is 56.5 Å². The largest absolute Gasteiger partial charge is 0.497 e. The molecule has 1 saturated heterocycles. The van der Waals surface area contributed by atoms with Gasteiger partial charge in [-0.2, -0.15) is 0 Å². The van der Waals surface area contributed by atoms with E-state index in [2.05, 4.69) is 5.32 Å². The average molecular weight is 411 g/mol. The van der Waals surface area contributed by atoms with Gasteiger partial charge >= 0.3 is 11.8 Å². The number of ether oxygens (including phenoxy) is 2. The number of aryl methyl sites for hydroxylation is 2. The molecule has 0 radical (unpaired) electrons. The van der Waals surface area contributed by atoms with Crippen LogP contribution < -0.4 is 19.7 Å². The van der Waals surface area contributed by atoms with Gasteiger partial charge in [0.15, 0.2) is 0 Å². The molecule has 8 heteroatoms. The van der Waals surface area contributed by atoms with Crippen molar-refractivity contribution in [3.63, 3.8) is 0 Å². The van der Waals surface area contributed by atoms with Crippen molar-refractivity contribution in [2.24, 2.45) is 0 Å². The predicted octanol–water partition coefficient (Wildman–Crippen LogP) is 2.13. The maximum atomic E-state index is 12.6. The average Bonchev–Trinajstić information content (AvgIpc) is 2.70. The first-order valence-electron chi connectivity index (χ1n) is 9.52. The Hall–Kier alpha value is -3.55. The second-order valence-corrected chi connectivity index (χ2v) is 7.18. The van der Waals surface area contributed by atoms with E-state index in [0.29, 0.717) is 29.4 Å². The maximum absolute atomic E-state index is 12.6. The van der Waals surface area contributed by atoms with Gasteiger partial charge in [-0.3, -0.25) is 14.4 Å². The molecule has 0 atom stereocenters. The smallest absolute Gasteiger partial charge is 0.316 e. The topological polar surface area (TPSA) is 88.2 Å². The van der Waals surface area contributed by atoms with E-state index in [4.69, 9.17) is 9.47 Å². The zero-order valence-corrected chi connectivity index (χ0v) is 17.5. The molecule has 30 heavy (non-hydrogen) atoms. The van der Waals surface area contributed by atoms with Gasteiger partial charge in [0.25, 0.3) is 0 Å². The molecule has 0 bridgehead atoms. The van der Waals surface area contributed by atoms with Crippen molar-refractivity contribution in [2.75, 3.05) is 44.1 Å². The van der Waals surface area contributed by atoms with E-state index in [0.717, 1.165) is 11.1 Å². The van der Waals surface area contributed by atoms with Crippen LogP contribution in [0.5, 0.6) is 11.5 Å². The molecule has 1 fully saturated rings. The SMILES string of the molecule is COc1cc(NC(=O)CN2CCN(c3cc(C)cc(C)c3)C(=O)C2=O)cc(OC)c1. The van der Waals surface area contributed by atoms with Crippen LogP contribution in [0.15, 0.2) is 36.4 Å². The normalized spacial score (nSPS) is 14.0. The summed E-state index contributed by atoms with van der Waals surface area (Å²) in [6.07, 6.45) is 0.